The Labute approximate surface area is 155 Å². The Kier molecular flexibility index (Phi) is 7.51. The average Bonchev–Trinajstić information content (AvgIpc) is 2.79. The third kappa shape index (κ3) is 4.99. The highest BCUT2D eigenvalue weighted by Crippen LogP contribution is 2.17. The van der Waals surface area contributed by atoms with Crippen molar-refractivity contribution in [1.82, 2.24) is 30.0 Å². The Bertz CT molecular complexity index is 723. The summed E-state index contributed by atoms with van der Waals surface area (Å²) in [5.41, 5.74) is 4.49. The summed E-state index contributed by atoms with van der Waals surface area (Å²) in [6.07, 6.45) is 0.336. The van der Waals surface area contributed by atoms with Crippen LogP contribution in [0.4, 0.5) is 0 Å². The van der Waals surface area contributed by atoms with Gasteiger partial charge in [-0.3, -0.25) is 4.79 Å². The van der Waals surface area contributed by atoms with Crippen molar-refractivity contribution in [1.29, 1.82) is 0 Å². The molecular formula is C17H27ClN6O. The molecule has 0 bridgehead atoms. The SMILES string of the molecule is CNCCN(C)C(=O)Cc1c(C)nn(-c2nc(C)cc(C)n2)c1C.Cl. The molecule has 8 heteroatoms. The monoisotopic (exact) mass is 366 g/mol. The second kappa shape index (κ2) is 8.92. The Hall–Kier alpha value is -1.99. The van der Waals surface area contributed by atoms with Crippen molar-refractivity contribution in [2.75, 3.05) is 27.2 Å². The van der Waals surface area contributed by atoms with Gasteiger partial charge in [-0.1, -0.05) is 0 Å². The molecule has 0 fully saturated rings. The molecule has 1 amide bonds. The number of nitrogens with one attached hydrogen (secondary N) is 1. The van der Waals surface area contributed by atoms with Gasteiger partial charge in [-0.05, 0) is 40.8 Å². The number of amides is 1. The zero-order chi connectivity index (χ0) is 17.9. The minimum atomic E-state index is 0. The van der Waals surface area contributed by atoms with Gasteiger partial charge in [0.1, 0.15) is 0 Å². The van der Waals surface area contributed by atoms with Gasteiger partial charge in [0.05, 0.1) is 12.1 Å². The summed E-state index contributed by atoms with van der Waals surface area (Å²) in [4.78, 5) is 23.1. The predicted molar refractivity (Wildman–Crippen MR) is 101 cm³/mol. The lowest BCUT2D eigenvalue weighted by atomic mass is 10.1. The van der Waals surface area contributed by atoms with Crippen LogP contribution in [0.2, 0.25) is 0 Å². The number of likely N-dealkylation sites (N-methyl/N-ethyl adjacent to an activating group) is 2. The number of rotatable bonds is 6. The van der Waals surface area contributed by atoms with Crippen LogP contribution in [0.25, 0.3) is 5.95 Å². The Morgan fingerprint density at radius 2 is 1.80 bits per heavy atom. The summed E-state index contributed by atoms with van der Waals surface area (Å²) >= 11 is 0. The van der Waals surface area contributed by atoms with Crippen LogP contribution >= 0.6 is 12.4 Å². The number of halogens is 1. The van der Waals surface area contributed by atoms with Gasteiger partial charge >= 0.3 is 0 Å². The molecule has 2 aromatic rings. The first-order chi connectivity index (χ1) is 11.3. The molecule has 7 nitrogen and oxygen atoms in total. The van der Waals surface area contributed by atoms with E-state index in [1.165, 1.54) is 0 Å². The molecule has 0 atom stereocenters. The number of carbonyl (C=O) groups excluding carboxylic acids is 1. The van der Waals surface area contributed by atoms with E-state index in [4.69, 9.17) is 0 Å². The zero-order valence-corrected chi connectivity index (χ0v) is 16.6. The van der Waals surface area contributed by atoms with E-state index in [-0.39, 0.29) is 18.3 Å². The standard InChI is InChI=1S/C17H26N6O.ClH/c1-11-9-12(2)20-17(19-11)23-14(4)15(13(3)21-23)10-16(24)22(6)8-7-18-5;/h9,18H,7-8,10H2,1-6H3;1H. The predicted octanol–water partition coefficient (Wildman–Crippen LogP) is 1.54. The van der Waals surface area contributed by atoms with Crippen molar-refractivity contribution in [2.24, 2.45) is 0 Å². The van der Waals surface area contributed by atoms with Crippen molar-refractivity contribution < 1.29 is 4.79 Å². The fourth-order valence-corrected chi connectivity index (χ4v) is 2.62. The van der Waals surface area contributed by atoms with Gasteiger partial charge in [-0.15, -0.1) is 12.4 Å². The first kappa shape index (κ1) is 21.1. The van der Waals surface area contributed by atoms with E-state index < -0.39 is 0 Å². The molecule has 0 aliphatic rings. The molecule has 1 N–H and O–H groups in total. The number of aryl methyl sites for hydroxylation is 3. The lowest BCUT2D eigenvalue weighted by Crippen LogP contribution is -2.34. The molecule has 0 aliphatic heterocycles. The van der Waals surface area contributed by atoms with Crippen LogP contribution in [-0.2, 0) is 11.2 Å². The van der Waals surface area contributed by atoms with E-state index in [9.17, 15) is 4.79 Å². The smallest absolute Gasteiger partial charge is 0.251 e. The molecule has 0 radical (unpaired) electrons. The lowest BCUT2D eigenvalue weighted by molar-refractivity contribution is -0.129. The quantitative estimate of drug-likeness (QED) is 0.839. The Morgan fingerprint density at radius 3 is 2.36 bits per heavy atom. The second-order valence-corrected chi connectivity index (χ2v) is 6.11. The molecule has 0 saturated carbocycles. The van der Waals surface area contributed by atoms with Crippen molar-refractivity contribution in [2.45, 2.75) is 34.1 Å². The second-order valence-electron chi connectivity index (χ2n) is 6.11. The average molecular weight is 367 g/mol. The number of hydrogen-bond donors (Lipinski definition) is 1. The van der Waals surface area contributed by atoms with Gasteiger partial charge in [0, 0.05) is 42.8 Å². The number of hydrogen-bond acceptors (Lipinski definition) is 5. The fourth-order valence-electron chi connectivity index (χ4n) is 2.62. The maximum absolute atomic E-state index is 12.4. The molecule has 0 aromatic carbocycles. The third-order valence-corrected chi connectivity index (χ3v) is 4.05. The highest BCUT2D eigenvalue weighted by molar-refractivity contribution is 5.85. The summed E-state index contributed by atoms with van der Waals surface area (Å²) in [5.74, 6) is 0.632. The molecule has 0 unspecified atom stereocenters. The van der Waals surface area contributed by atoms with E-state index in [0.717, 1.165) is 34.9 Å². The lowest BCUT2D eigenvalue weighted by Gasteiger charge is -2.17. The van der Waals surface area contributed by atoms with Crippen molar-refractivity contribution in [3.05, 3.63) is 34.4 Å². The summed E-state index contributed by atoms with van der Waals surface area (Å²) in [7, 11) is 3.70. The third-order valence-electron chi connectivity index (χ3n) is 4.05. The van der Waals surface area contributed by atoms with Gasteiger partial charge < -0.3 is 10.2 Å². The van der Waals surface area contributed by atoms with E-state index in [1.807, 2.05) is 47.9 Å². The molecule has 138 valence electrons. The molecule has 0 saturated heterocycles. The molecule has 2 aromatic heterocycles. The van der Waals surface area contributed by atoms with E-state index in [2.05, 4.69) is 20.4 Å². The summed E-state index contributed by atoms with van der Waals surface area (Å²) in [6.45, 7) is 9.20. The van der Waals surface area contributed by atoms with Gasteiger partial charge in [0.2, 0.25) is 5.91 Å². The van der Waals surface area contributed by atoms with Crippen LogP contribution in [0.3, 0.4) is 0 Å². The Morgan fingerprint density at radius 1 is 1.20 bits per heavy atom. The number of nitrogens with zero attached hydrogens (tertiary/aromatic N) is 5. The van der Waals surface area contributed by atoms with Crippen molar-refractivity contribution in [3.63, 3.8) is 0 Å². The van der Waals surface area contributed by atoms with Crippen LogP contribution in [0, 0.1) is 27.7 Å². The fraction of sp³-hybridized carbons (Fsp3) is 0.529. The van der Waals surface area contributed by atoms with Crippen molar-refractivity contribution in [3.8, 4) is 5.95 Å². The molecule has 2 rings (SSSR count). The number of aromatic nitrogens is 4. The maximum Gasteiger partial charge on any atom is 0.251 e. The number of carbonyl (C=O) groups is 1. The molecule has 25 heavy (non-hydrogen) atoms. The molecule has 0 aliphatic carbocycles. The molecular weight excluding hydrogens is 340 g/mol. The molecule has 2 heterocycles. The summed E-state index contributed by atoms with van der Waals surface area (Å²) in [5, 5.41) is 7.60. The minimum Gasteiger partial charge on any atom is -0.344 e. The highest BCUT2D eigenvalue weighted by Gasteiger charge is 2.19. The van der Waals surface area contributed by atoms with Crippen LogP contribution in [0.1, 0.15) is 28.3 Å². The molecule has 0 spiro atoms. The van der Waals surface area contributed by atoms with Crippen LogP contribution < -0.4 is 5.32 Å². The van der Waals surface area contributed by atoms with Crippen molar-refractivity contribution >= 4 is 18.3 Å². The Balaban J connectivity index is 0.00000312. The first-order valence-electron chi connectivity index (χ1n) is 8.09. The van der Waals surface area contributed by atoms with E-state index in [1.54, 1.807) is 9.58 Å². The zero-order valence-electron chi connectivity index (χ0n) is 15.8. The van der Waals surface area contributed by atoms with Gasteiger partial charge in [-0.2, -0.15) is 5.10 Å². The first-order valence-corrected chi connectivity index (χ1v) is 8.09. The van der Waals surface area contributed by atoms with Crippen LogP contribution in [0.5, 0.6) is 0 Å². The van der Waals surface area contributed by atoms with Crippen LogP contribution in [0.15, 0.2) is 6.07 Å². The van der Waals surface area contributed by atoms with Gasteiger partial charge in [0.15, 0.2) is 0 Å². The normalized spacial score (nSPS) is 10.5. The van der Waals surface area contributed by atoms with Gasteiger partial charge in [0.25, 0.3) is 5.95 Å². The highest BCUT2D eigenvalue weighted by atomic mass is 35.5. The van der Waals surface area contributed by atoms with Crippen LogP contribution in [-0.4, -0.2) is 57.7 Å². The van der Waals surface area contributed by atoms with E-state index >= 15 is 0 Å². The minimum absolute atomic E-state index is 0. The maximum atomic E-state index is 12.4. The van der Waals surface area contributed by atoms with E-state index in [0.29, 0.717) is 18.9 Å². The summed E-state index contributed by atoms with van der Waals surface area (Å²) < 4.78 is 1.73. The largest absolute Gasteiger partial charge is 0.344 e. The summed E-state index contributed by atoms with van der Waals surface area (Å²) in [6, 6.07) is 1.93. The van der Waals surface area contributed by atoms with Gasteiger partial charge in [-0.25, -0.2) is 14.6 Å². The topological polar surface area (TPSA) is 75.9 Å².